The summed E-state index contributed by atoms with van der Waals surface area (Å²) in [5.41, 5.74) is 2.03. The molecule has 146 valence electrons. The second-order valence-electron chi connectivity index (χ2n) is 8.24. The number of anilines is 1. The van der Waals surface area contributed by atoms with Crippen molar-refractivity contribution in [2.24, 2.45) is 5.92 Å². The zero-order chi connectivity index (χ0) is 19.0. The topological polar surface area (TPSA) is 53.1 Å². The lowest BCUT2D eigenvalue weighted by Gasteiger charge is -2.37. The van der Waals surface area contributed by atoms with Crippen LogP contribution in [0.4, 0.5) is 5.69 Å². The number of imide groups is 1. The molecule has 27 heavy (non-hydrogen) atoms. The minimum Gasteiger partial charge on any atom is -0.376 e. The SMILES string of the molecule is CC(C)CN1CCN(c2cccc3c2C(=O)N(C[C@H]2CCCO2)C3=O)CC1. The molecule has 2 amide bonds. The molecule has 6 nitrogen and oxygen atoms in total. The molecule has 6 heteroatoms. The number of amides is 2. The fourth-order valence-electron chi connectivity index (χ4n) is 4.42. The molecule has 3 aliphatic heterocycles. The number of piperazine rings is 1. The number of fused-ring (bicyclic) bond motifs is 1. The van der Waals surface area contributed by atoms with E-state index in [-0.39, 0.29) is 17.9 Å². The lowest BCUT2D eigenvalue weighted by atomic mass is 10.1. The fraction of sp³-hybridized carbons (Fsp3) is 0.619. The Kier molecular flexibility index (Phi) is 5.19. The third-order valence-corrected chi connectivity index (χ3v) is 5.72. The minimum atomic E-state index is -0.175. The van der Waals surface area contributed by atoms with E-state index >= 15 is 0 Å². The van der Waals surface area contributed by atoms with Gasteiger partial charge in [0.1, 0.15) is 0 Å². The summed E-state index contributed by atoms with van der Waals surface area (Å²) in [6.45, 7) is 10.4. The zero-order valence-electron chi connectivity index (χ0n) is 16.3. The summed E-state index contributed by atoms with van der Waals surface area (Å²) in [7, 11) is 0. The van der Waals surface area contributed by atoms with Crippen molar-refractivity contribution in [3.05, 3.63) is 29.3 Å². The van der Waals surface area contributed by atoms with Crippen molar-refractivity contribution < 1.29 is 14.3 Å². The molecule has 0 bridgehead atoms. The second kappa shape index (κ2) is 7.60. The molecule has 0 aliphatic carbocycles. The van der Waals surface area contributed by atoms with Crippen LogP contribution >= 0.6 is 0 Å². The van der Waals surface area contributed by atoms with Gasteiger partial charge in [-0.05, 0) is 30.9 Å². The van der Waals surface area contributed by atoms with Gasteiger partial charge in [-0.15, -0.1) is 0 Å². The van der Waals surface area contributed by atoms with Crippen molar-refractivity contribution in [3.8, 4) is 0 Å². The van der Waals surface area contributed by atoms with Crippen molar-refractivity contribution in [1.29, 1.82) is 0 Å². The zero-order valence-corrected chi connectivity index (χ0v) is 16.3. The highest BCUT2D eigenvalue weighted by atomic mass is 16.5. The highest BCUT2D eigenvalue weighted by Crippen LogP contribution is 2.33. The van der Waals surface area contributed by atoms with Crippen LogP contribution in [0.15, 0.2) is 18.2 Å². The molecule has 3 aliphatic rings. The molecule has 0 aromatic heterocycles. The van der Waals surface area contributed by atoms with Crippen molar-refractivity contribution >= 4 is 17.5 Å². The molecule has 2 fully saturated rings. The van der Waals surface area contributed by atoms with Gasteiger partial charge in [0.25, 0.3) is 11.8 Å². The maximum Gasteiger partial charge on any atom is 0.263 e. The summed E-state index contributed by atoms with van der Waals surface area (Å²) in [5, 5.41) is 0. The summed E-state index contributed by atoms with van der Waals surface area (Å²) < 4.78 is 5.64. The maximum atomic E-state index is 13.1. The molecule has 4 rings (SSSR count). The minimum absolute atomic E-state index is 0.0183. The normalized spacial score (nSPS) is 23.6. The number of hydrogen-bond donors (Lipinski definition) is 0. The molecule has 3 heterocycles. The van der Waals surface area contributed by atoms with Crippen molar-refractivity contribution in [2.45, 2.75) is 32.8 Å². The summed E-state index contributed by atoms with van der Waals surface area (Å²) in [5.74, 6) is 0.319. The quantitative estimate of drug-likeness (QED) is 0.743. The van der Waals surface area contributed by atoms with Gasteiger partial charge in [0.15, 0.2) is 0 Å². The lowest BCUT2D eigenvalue weighted by molar-refractivity contribution is 0.0475. The van der Waals surface area contributed by atoms with Crippen molar-refractivity contribution in [2.75, 3.05) is 50.8 Å². The second-order valence-corrected chi connectivity index (χ2v) is 8.24. The molecule has 0 unspecified atom stereocenters. The molecule has 0 saturated carbocycles. The van der Waals surface area contributed by atoms with E-state index in [1.54, 1.807) is 6.07 Å². The summed E-state index contributed by atoms with van der Waals surface area (Å²) in [4.78, 5) is 32.0. The van der Waals surface area contributed by atoms with Gasteiger partial charge in [-0.25, -0.2) is 0 Å². The number of rotatable bonds is 5. The molecule has 0 N–H and O–H groups in total. The number of ether oxygens (including phenoxy) is 1. The fourth-order valence-corrected chi connectivity index (χ4v) is 4.42. The predicted octanol–water partition coefficient (Wildman–Crippen LogP) is 2.24. The van der Waals surface area contributed by atoms with E-state index in [1.165, 1.54) is 4.90 Å². The molecular formula is C21H29N3O3. The van der Waals surface area contributed by atoms with E-state index in [0.29, 0.717) is 23.6 Å². The Hall–Kier alpha value is -1.92. The lowest BCUT2D eigenvalue weighted by Crippen LogP contribution is -2.47. The Morgan fingerprint density at radius 1 is 1.11 bits per heavy atom. The Bertz CT molecular complexity index is 719. The van der Waals surface area contributed by atoms with Crippen LogP contribution in [0.3, 0.4) is 0 Å². The van der Waals surface area contributed by atoms with E-state index in [0.717, 1.165) is 57.9 Å². The Morgan fingerprint density at radius 2 is 1.89 bits per heavy atom. The smallest absolute Gasteiger partial charge is 0.263 e. The van der Waals surface area contributed by atoms with Crippen molar-refractivity contribution in [1.82, 2.24) is 9.80 Å². The van der Waals surface area contributed by atoms with Crippen molar-refractivity contribution in [3.63, 3.8) is 0 Å². The van der Waals surface area contributed by atoms with Gasteiger partial charge in [-0.2, -0.15) is 0 Å². The van der Waals surface area contributed by atoms with Gasteiger partial charge in [-0.1, -0.05) is 19.9 Å². The van der Waals surface area contributed by atoms with Crippen LogP contribution in [0.2, 0.25) is 0 Å². The Morgan fingerprint density at radius 3 is 2.56 bits per heavy atom. The van der Waals surface area contributed by atoms with Crippen LogP contribution in [-0.4, -0.2) is 73.6 Å². The van der Waals surface area contributed by atoms with E-state index in [2.05, 4.69) is 23.6 Å². The summed E-state index contributed by atoms with van der Waals surface area (Å²) >= 11 is 0. The van der Waals surface area contributed by atoms with Gasteiger partial charge in [0.05, 0.1) is 29.5 Å². The van der Waals surface area contributed by atoms with E-state index in [1.807, 2.05) is 12.1 Å². The number of carbonyl (C=O) groups excluding carboxylic acids is 2. The number of hydrogen-bond acceptors (Lipinski definition) is 5. The number of benzene rings is 1. The van der Waals surface area contributed by atoms with Gasteiger partial charge >= 0.3 is 0 Å². The van der Waals surface area contributed by atoms with Gasteiger partial charge in [-0.3, -0.25) is 19.4 Å². The summed E-state index contributed by atoms with van der Waals surface area (Å²) in [6.07, 6.45) is 1.90. The van der Waals surface area contributed by atoms with Crippen LogP contribution < -0.4 is 4.90 Å². The maximum absolute atomic E-state index is 13.1. The van der Waals surface area contributed by atoms with Crippen LogP contribution in [0.5, 0.6) is 0 Å². The Balaban J connectivity index is 1.51. The van der Waals surface area contributed by atoms with Crippen LogP contribution in [0.1, 0.15) is 47.4 Å². The van der Waals surface area contributed by atoms with Crippen LogP contribution in [-0.2, 0) is 4.74 Å². The van der Waals surface area contributed by atoms with Crippen LogP contribution in [0.25, 0.3) is 0 Å². The molecule has 1 atom stereocenters. The predicted molar refractivity (Wildman–Crippen MR) is 104 cm³/mol. The van der Waals surface area contributed by atoms with Gasteiger partial charge < -0.3 is 9.64 Å². The van der Waals surface area contributed by atoms with Gasteiger partial charge in [0.2, 0.25) is 0 Å². The highest BCUT2D eigenvalue weighted by molar-refractivity contribution is 6.23. The first-order valence-corrected chi connectivity index (χ1v) is 10.1. The first-order valence-electron chi connectivity index (χ1n) is 10.1. The number of nitrogens with zero attached hydrogens (tertiary/aromatic N) is 3. The third-order valence-electron chi connectivity index (χ3n) is 5.72. The molecule has 0 radical (unpaired) electrons. The molecule has 1 aromatic carbocycles. The number of carbonyl (C=O) groups is 2. The average Bonchev–Trinajstić information content (AvgIpc) is 3.25. The molecule has 2 saturated heterocycles. The molecule has 0 spiro atoms. The van der Waals surface area contributed by atoms with Crippen LogP contribution in [0, 0.1) is 5.92 Å². The molecular weight excluding hydrogens is 342 g/mol. The van der Waals surface area contributed by atoms with E-state index in [9.17, 15) is 9.59 Å². The monoisotopic (exact) mass is 371 g/mol. The van der Waals surface area contributed by atoms with Gasteiger partial charge in [0, 0.05) is 39.3 Å². The van der Waals surface area contributed by atoms with E-state index < -0.39 is 0 Å². The standard InChI is InChI=1S/C21H29N3O3/c1-15(2)13-22-8-10-23(11-9-22)18-7-3-6-17-19(18)21(26)24(20(17)25)14-16-5-4-12-27-16/h3,6-7,15-16H,4-5,8-14H2,1-2H3/t16-/m1/s1. The summed E-state index contributed by atoms with van der Waals surface area (Å²) in [6, 6.07) is 5.66. The highest BCUT2D eigenvalue weighted by Gasteiger charge is 2.40. The van der Waals surface area contributed by atoms with E-state index in [4.69, 9.17) is 4.74 Å². The largest absolute Gasteiger partial charge is 0.376 e. The third kappa shape index (κ3) is 3.60. The molecule has 1 aromatic rings. The Labute approximate surface area is 161 Å². The average molecular weight is 371 g/mol. The first kappa shape index (κ1) is 18.4. The first-order chi connectivity index (χ1) is 13.0.